The molecule has 2 aromatic carbocycles. The zero-order valence-electron chi connectivity index (χ0n) is 15.7. The lowest BCUT2D eigenvalue weighted by Gasteiger charge is -2.31. The van der Waals surface area contributed by atoms with Gasteiger partial charge in [-0.1, -0.05) is 12.1 Å². The summed E-state index contributed by atoms with van der Waals surface area (Å²) in [5.74, 6) is 0.907. The van der Waals surface area contributed by atoms with Crippen molar-refractivity contribution in [3.8, 4) is 0 Å². The summed E-state index contributed by atoms with van der Waals surface area (Å²) in [5.41, 5.74) is 1.55. The second-order valence-corrected chi connectivity index (χ2v) is 7.34. The number of hydrogen-bond acceptors (Lipinski definition) is 3. The predicted octanol–water partition coefficient (Wildman–Crippen LogP) is 4.40. The Hall–Kier alpha value is -2.87. The van der Waals surface area contributed by atoms with E-state index < -0.39 is 11.7 Å². The molecule has 1 fully saturated rings. The van der Waals surface area contributed by atoms with E-state index >= 15 is 0 Å². The Labute approximate surface area is 165 Å². The molecule has 1 atom stereocenters. The highest BCUT2D eigenvalue weighted by atomic mass is 19.4. The maximum absolute atomic E-state index is 12.6. The number of benzene rings is 2. The molecule has 0 saturated carbocycles. The number of carbonyl (C=O) groups excluding carboxylic acids is 1. The molecule has 1 aliphatic heterocycles. The third-order valence-electron chi connectivity index (χ3n) is 5.16. The molecule has 8 heteroatoms. The van der Waals surface area contributed by atoms with E-state index in [4.69, 9.17) is 0 Å². The van der Waals surface area contributed by atoms with Crippen molar-refractivity contribution in [2.45, 2.75) is 24.9 Å². The number of imidazole rings is 1. The van der Waals surface area contributed by atoms with Gasteiger partial charge in [0, 0.05) is 18.2 Å². The molecule has 5 nitrogen and oxygen atoms in total. The van der Waals surface area contributed by atoms with Crippen LogP contribution in [0.25, 0.3) is 11.0 Å². The van der Waals surface area contributed by atoms with Gasteiger partial charge < -0.3 is 10.3 Å². The van der Waals surface area contributed by atoms with Crippen LogP contribution in [0.4, 0.5) is 18.9 Å². The molecule has 29 heavy (non-hydrogen) atoms. The number of carbonyl (C=O) groups is 1. The number of amides is 1. The molecule has 1 saturated heterocycles. The normalized spacial score (nSPS) is 18.1. The maximum Gasteiger partial charge on any atom is 0.416 e. The highest BCUT2D eigenvalue weighted by molar-refractivity contribution is 5.92. The first kappa shape index (κ1) is 19.4. The van der Waals surface area contributed by atoms with Gasteiger partial charge in [-0.2, -0.15) is 13.2 Å². The van der Waals surface area contributed by atoms with Crippen molar-refractivity contribution in [1.29, 1.82) is 0 Å². The number of rotatable bonds is 4. The van der Waals surface area contributed by atoms with Gasteiger partial charge in [0.25, 0.3) is 0 Å². The van der Waals surface area contributed by atoms with E-state index in [1.54, 1.807) is 0 Å². The summed E-state index contributed by atoms with van der Waals surface area (Å²) >= 11 is 0. The molecule has 0 bridgehead atoms. The Morgan fingerprint density at radius 3 is 2.66 bits per heavy atom. The zero-order chi connectivity index (χ0) is 20.4. The number of likely N-dealkylation sites (tertiary alicyclic amines) is 1. The van der Waals surface area contributed by atoms with Gasteiger partial charge in [-0.25, -0.2) is 4.98 Å². The Morgan fingerprint density at radius 2 is 1.93 bits per heavy atom. The van der Waals surface area contributed by atoms with Crippen molar-refractivity contribution in [2.75, 3.05) is 25.0 Å². The molecule has 0 spiro atoms. The summed E-state index contributed by atoms with van der Waals surface area (Å²) in [6.07, 6.45) is -2.44. The molecule has 1 amide bonds. The highest BCUT2D eigenvalue weighted by Gasteiger charge is 2.30. The van der Waals surface area contributed by atoms with Crippen molar-refractivity contribution in [2.24, 2.45) is 0 Å². The fourth-order valence-electron chi connectivity index (χ4n) is 3.73. The monoisotopic (exact) mass is 402 g/mol. The molecule has 4 rings (SSSR count). The summed E-state index contributed by atoms with van der Waals surface area (Å²) in [6.45, 7) is 1.70. The van der Waals surface area contributed by atoms with Crippen LogP contribution >= 0.6 is 0 Å². The van der Waals surface area contributed by atoms with Gasteiger partial charge in [-0.15, -0.1) is 0 Å². The van der Waals surface area contributed by atoms with Crippen molar-refractivity contribution in [1.82, 2.24) is 14.9 Å². The number of nitrogens with zero attached hydrogens (tertiary/aromatic N) is 2. The smallest absolute Gasteiger partial charge is 0.342 e. The van der Waals surface area contributed by atoms with Crippen molar-refractivity contribution < 1.29 is 18.0 Å². The number of anilines is 1. The number of hydrogen-bond donors (Lipinski definition) is 2. The van der Waals surface area contributed by atoms with Crippen LogP contribution in [0, 0.1) is 0 Å². The second kappa shape index (κ2) is 7.87. The molecule has 3 aromatic rings. The minimum atomic E-state index is -4.39. The fourth-order valence-corrected chi connectivity index (χ4v) is 3.73. The van der Waals surface area contributed by atoms with Gasteiger partial charge in [0.15, 0.2) is 0 Å². The van der Waals surface area contributed by atoms with Crippen LogP contribution in [0.5, 0.6) is 0 Å². The van der Waals surface area contributed by atoms with Gasteiger partial charge in [-0.05, 0) is 55.8 Å². The average Bonchev–Trinajstić information content (AvgIpc) is 3.12. The highest BCUT2D eigenvalue weighted by Crippen LogP contribution is 2.30. The number of piperidine rings is 1. The van der Waals surface area contributed by atoms with Crippen LogP contribution in [0.3, 0.4) is 0 Å². The summed E-state index contributed by atoms with van der Waals surface area (Å²) in [5, 5.41) is 2.67. The minimum Gasteiger partial charge on any atom is -0.342 e. The number of H-pyrrole nitrogens is 1. The number of aromatic amines is 1. The SMILES string of the molecule is O=C(CN1CCCC(c2nc3ccccc3[nH]2)C1)Nc1ccc(C(F)(F)F)cc1. The second-order valence-electron chi connectivity index (χ2n) is 7.34. The Kier molecular flexibility index (Phi) is 5.27. The third-order valence-corrected chi connectivity index (χ3v) is 5.16. The van der Waals surface area contributed by atoms with E-state index in [1.165, 1.54) is 12.1 Å². The maximum atomic E-state index is 12.6. The van der Waals surface area contributed by atoms with Crippen LogP contribution in [0.15, 0.2) is 48.5 Å². The molecule has 1 unspecified atom stereocenters. The first-order valence-electron chi connectivity index (χ1n) is 9.52. The van der Waals surface area contributed by atoms with E-state index in [0.29, 0.717) is 12.2 Å². The van der Waals surface area contributed by atoms with Gasteiger partial charge in [-0.3, -0.25) is 9.69 Å². The van der Waals surface area contributed by atoms with Crippen molar-refractivity contribution in [3.63, 3.8) is 0 Å². The number of halogens is 3. The lowest BCUT2D eigenvalue weighted by atomic mass is 9.97. The summed E-state index contributed by atoms with van der Waals surface area (Å²) < 4.78 is 37.9. The summed E-state index contributed by atoms with van der Waals surface area (Å²) in [7, 11) is 0. The van der Waals surface area contributed by atoms with Gasteiger partial charge in [0.2, 0.25) is 5.91 Å². The molecule has 152 valence electrons. The molecule has 1 aliphatic rings. The van der Waals surface area contributed by atoms with Crippen molar-refractivity contribution >= 4 is 22.6 Å². The molecular formula is C21H21F3N4O. The molecule has 1 aromatic heterocycles. The van der Waals surface area contributed by atoms with E-state index in [2.05, 4.69) is 20.2 Å². The van der Waals surface area contributed by atoms with E-state index in [1.807, 2.05) is 24.3 Å². The summed E-state index contributed by atoms with van der Waals surface area (Å²) in [6, 6.07) is 12.3. The zero-order valence-corrected chi connectivity index (χ0v) is 15.7. The minimum absolute atomic E-state index is 0.192. The van der Waals surface area contributed by atoms with Crippen LogP contribution in [-0.4, -0.2) is 40.4 Å². The van der Waals surface area contributed by atoms with Crippen LogP contribution in [0.2, 0.25) is 0 Å². The number of aromatic nitrogens is 2. The molecule has 2 heterocycles. The first-order chi connectivity index (χ1) is 13.9. The molecular weight excluding hydrogens is 381 g/mol. The summed E-state index contributed by atoms with van der Waals surface area (Å²) in [4.78, 5) is 22.4. The largest absolute Gasteiger partial charge is 0.416 e. The molecule has 2 N–H and O–H groups in total. The predicted molar refractivity (Wildman–Crippen MR) is 105 cm³/mol. The first-order valence-corrected chi connectivity index (χ1v) is 9.52. The average molecular weight is 402 g/mol. The van der Waals surface area contributed by atoms with Gasteiger partial charge >= 0.3 is 6.18 Å². The number of nitrogens with one attached hydrogen (secondary N) is 2. The molecule has 0 radical (unpaired) electrons. The number of fused-ring (bicyclic) bond motifs is 1. The lowest BCUT2D eigenvalue weighted by Crippen LogP contribution is -2.40. The quantitative estimate of drug-likeness (QED) is 0.680. The van der Waals surface area contributed by atoms with Crippen LogP contribution in [-0.2, 0) is 11.0 Å². The number of para-hydroxylation sites is 2. The third kappa shape index (κ3) is 4.59. The van der Waals surface area contributed by atoms with E-state index in [0.717, 1.165) is 48.4 Å². The molecule has 0 aliphatic carbocycles. The Balaban J connectivity index is 1.35. The van der Waals surface area contributed by atoms with Crippen LogP contribution in [0.1, 0.15) is 30.1 Å². The lowest BCUT2D eigenvalue weighted by molar-refractivity contribution is -0.137. The Morgan fingerprint density at radius 1 is 1.17 bits per heavy atom. The van der Waals surface area contributed by atoms with E-state index in [9.17, 15) is 18.0 Å². The van der Waals surface area contributed by atoms with Crippen LogP contribution < -0.4 is 5.32 Å². The van der Waals surface area contributed by atoms with E-state index in [-0.39, 0.29) is 18.4 Å². The topological polar surface area (TPSA) is 61.0 Å². The fraction of sp³-hybridized carbons (Fsp3) is 0.333. The van der Waals surface area contributed by atoms with Gasteiger partial charge in [0.05, 0.1) is 23.1 Å². The standard InChI is InChI=1S/C21H21F3N4O/c22-21(23,24)15-7-9-16(10-8-15)25-19(29)13-28-11-3-4-14(12-28)20-26-17-5-1-2-6-18(17)27-20/h1-2,5-10,14H,3-4,11-13H2,(H,25,29)(H,26,27). The number of alkyl halides is 3. The Bertz CT molecular complexity index is 964. The van der Waals surface area contributed by atoms with Gasteiger partial charge in [0.1, 0.15) is 5.82 Å². The van der Waals surface area contributed by atoms with Crippen molar-refractivity contribution in [3.05, 3.63) is 59.9 Å².